The fraction of sp³-hybridized carbons (Fsp3) is 0.350. The van der Waals surface area contributed by atoms with E-state index < -0.39 is 0 Å². The second-order valence-corrected chi connectivity index (χ2v) is 6.80. The maximum absolute atomic E-state index is 8.49. The van der Waals surface area contributed by atoms with E-state index >= 15 is 0 Å². The molecule has 1 aliphatic heterocycles. The van der Waals surface area contributed by atoms with E-state index in [1.807, 2.05) is 0 Å². The van der Waals surface area contributed by atoms with Crippen LogP contribution in [0.4, 0.5) is 5.69 Å². The number of rotatable bonds is 1. The van der Waals surface area contributed by atoms with E-state index in [-0.39, 0.29) is 6.04 Å². The van der Waals surface area contributed by atoms with Gasteiger partial charge in [0.15, 0.2) is 0 Å². The van der Waals surface area contributed by atoms with Crippen molar-refractivity contribution in [2.45, 2.75) is 39.2 Å². The van der Waals surface area contributed by atoms with Gasteiger partial charge < -0.3 is 10.7 Å². The number of fused-ring (bicyclic) bond motifs is 4. The van der Waals surface area contributed by atoms with Gasteiger partial charge in [0.05, 0.1) is 6.04 Å². The summed E-state index contributed by atoms with van der Waals surface area (Å²) in [4.78, 5) is 0. The highest BCUT2D eigenvalue weighted by Gasteiger charge is 2.33. The second kappa shape index (κ2) is 4.98. The Morgan fingerprint density at radius 1 is 1.09 bits per heavy atom. The summed E-state index contributed by atoms with van der Waals surface area (Å²) in [6.45, 7) is 4.49. The molecule has 0 fully saturated rings. The molecule has 2 aromatic carbocycles. The van der Waals surface area contributed by atoms with E-state index in [0.717, 1.165) is 25.0 Å². The molecular formula is C20H22N2. The highest BCUT2D eigenvalue weighted by Crippen LogP contribution is 2.45. The number of hydrogen-bond donors (Lipinski definition) is 2. The van der Waals surface area contributed by atoms with Crippen LogP contribution < -0.4 is 5.32 Å². The smallest absolute Gasteiger partial charge is 0.0557 e. The largest absolute Gasteiger partial charge is 0.377 e. The van der Waals surface area contributed by atoms with E-state index in [9.17, 15) is 0 Å². The van der Waals surface area contributed by atoms with Crippen LogP contribution in [0.25, 0.3) is 16.3 Å². The fourth-order valence-corrected chi connectivity index (χ4v) is 3.99. The van der Waals surface area contributed by atoms with Gasteiger partial charge in [0.25, 0.3) is 0 Å². The van der Waals surface area contributed by atoms with Gasteiger partial charge in [0.2, 0.25) is 0 Å². The standard InChI is InChI=1S/C20H22N2/c1-12(2)20-19-15(8-5-9-16(19)21)18-14-7-4-3-6-13(14)10-11-17(18)22-20/h3-4,6-7,10-12,20-22H,5,8-9H2,1-2H3. The van der Waals surface area contributed by atoms with E-state index in [4.69, 9.17) is 5.41 Å². The first-order chi connectivity index (χ1) is 10.7. The molecule has 0 amide bonds. The summed E-state index contributed by atoms with van der Waals surface area (Å²) in [7, 11) is 0. The van der Waals surface area contributed by atoms with Crippen LogP contribution in [0.2, 0.25) is 0 Å². The zero-order valence-corrected chi connectivity index (χ0v) is 13.2. The molecule has 2 aromatic rings. The predicted octanol–water partition coefficient (Wildman–Crippen LogP) is 5.25. The van der Waals surface area contributed by atoms with Crippen molar-refractivity contribution in [3.8, 4) is 0 Å². The highest BCUT2D eigenvalue weighted by atomic mass is 14.9. The molecule has 112 valence electrons. The molecule has 1 unspecified atom stereocenters. The molecule has 22 heavy (non-hydrogen) atoms. The van der Waals surface area contributed by atoms with Gasteiger partial charge in [-0.05, 0) is 53.2 Å². The van der Waals surface area contributed by atoms with Gasteiger partial charge in [-0.3, -0.25) is 0 Å². The van der Waals surface area contributed by atoms with Crippen LogP contribution in [0.5, 0.6) is 0 Å². The van der Waals surface area contributed by atoms with Gasteiger partial charge in [0.1, 0.15) is 0 Å². The minimum atomic E-state index is 0.275. The molecule has 0 saturated heterocycles. The van der Waals surface area contributed by atoms with Crippen LogP contribution in [0, 0.1) is 11.3 Å². The second-order valence-electron chi connectivity index (χ2n) is 6.80. The topological polar surface area (TPSA) is 35.9 Å². The number of allylic oxidation sites excluding steroid dienone is 1. The van der Waals surface area contributed by atoms with Crippen molar-refractivity contribution in [1.29, 1.82) is 5.41 Å². The van der Waals surface area contributed by atoms with Crippen molar-refractivity contribution < 1.29 is 0 Å². The third-order valence-corrected chi connectivity index (χ3v) is 5.02. The molecule has 2 nitrogen and oxygen atoms in total. The Kier molecular flexibility index (Phi) is 3.07. The molecule has 0 bridgehead atoms. The van der Waals surface area contributed by atoms with Crippen LogP contribution in [-0.4, -0.2) is 11.8 Å². The number of hydrogen-bond acceptors (Lipinski definition) is 2. The molecule has 0 radical (unpaired) electrons. The molecule has 2 heteroatoms. The first kappa shape index (κ1) is 13.6. The Balaban J connectivity index is 2.04. The van der Waals surface area contributed by atoms with Crippen LogP contribution >= 0.6 is 0 Å². The van der Waals surface area contributed by atoms with Gasteiger partial charge in [-0.15, -0.1) is 0 Å². The van der Waals surface area contributed by atoms with Crippen LogP contribution in [0.15, 0.2) is 42.0 Å². The Morgan fingerprint density at radius 3 is 2.73 bits per heavy atom. The number of benzene rings is 2. The van der Waals surface area contributed by atoms with E-state index in [0.29, 0.717) is 5.92 Å². The summed E-state index contributed by atoms with van der Waals surface area (Å²) in [5.41, 5.74) is 6.11. The summed E-state index contributed by atoms with van der Waals surface area (Å²) < 4.78 is 0. The van der Waals surface area contributed by atoms with Crippen molar-refractivity contribution in [3.05, 3.63) is 47.5 Å². The molecule has 0 aromatic heterocycles. The lowest BCUT2D eigenvalue weighted by molar-refractivity contribution is 0.582. The molecule has 2 aliphatic rings. The SMILES string of the molecule is CC(C)C1Nc2ccc3ccccc3c2C2=C1C(=N)CCC2. The Labute approximate surface area is 131 Å². The van der Waals surface area contributed by atoms with E-state index in [2.05, 4.69) is 55.6 Å². The maximum Gasteiger partial charge on any atom is 0.0557 e. The Bertz CT molecular complexity index is 798. The summed E-state index contributed by atoms with van der Waals surface area (Å²) in [6, 6.07) is 13.3. The first-order valence-electron chi connectivity index (χ1n) is 8.26. The van der Waals surface area contributed by atoms with Crippen molar-refractivity contribution in [2.75, 3.05) is 5.32 Å². The predicted molar refractivity (Wildman–Crippen MR) is 94.7 cm³/mol. The molecule has 1 heterocycles. The summed E-state index contributed by atoms with van der Waals surface area (Å²) in [5.74, 6) is 0.489. The summed E-state index contributed by atoms with van der Waals surface area (Å²) >= 11 is 0. The normalized spacial score (nSPS) is 20.9. The van der Waals surface area contributed by atoms with Crippen LogP contribution in [0.1, 0.15) is 38.7 Å². The van der Waals surface area contributed by atoms with E-state index in [1.165, 1.54) is 33.2 Å². The van der Waals surface area contributed by atoms with Crippen molar-refractivity contribution in [3.63, 3.8) is 0 Å². The minimum absolute atomic E-state index is 0.275. The molecule has 1 aliphatic carbocycles. The monoisotopic (exact) mass is 290 g/mol. The number of nitrogens with one attached hydrogen (secondary N) is 2. The fourth-order valence-electron chi connectivity index (χ4n) is 3.99. The molecule has 2 N–H and O–H groups in total. The Hall–Kier alpha value is -2.09. The Morgan fingerprint density at radius 2 is 1.91 bits per heavy atom. The van der Waals surface area contributed by atoms with Crippen molar-refractivity contribution in [2.24, 2.45) is 5.92 Å². The van der Waals surface area contributed by atoms with Crippen LogP contribution in [-0.2, 0) is 0 Å². The molecule has 0 saturated carbocycles. The van der Waals surface area contributed by atoms with Crippen LogP contribution in [0.3, 0.4) is 0 Å². The number of anilines is 1. The summed E-state index contributed by atoms with van der Waals surface area (Å²) in [5, 5.41) is 14.8. The zero-order chi connectivity index (χ0) is 15.3. The summed E-state index contributed by atoms with van der Waals surface area (Å²) in [6.07, 6.45) is 3.12. The maximum atomic E-state index is 8.49. The average Bonchev–Trinajstić information content (AvgIpc) is 2.53. The molecule has 4 rings (SSSR count). The third kappa shape index (κ3) is 1.90. The highest BCUT2D eigenvalue weighted by molar-refractivity contribution is 6.13. The lowest BCUT2D eigenvalue weighted by Crippen LogP contribution is -2.36. The quantitative estimate of drug-likeness (QED) is 0.739. The lowest BCUT2D eigenvalue weighted by atomic mass is 9.75. The van der Waals surface area contributed by atoms with Gasteiger partial charge >= 0.3 is 0 Å². The van der Waals surface area contributed by atoms with Crippen molar-refractivity contribution in [1.82, 2.24) is 0 Å². The zero-order valence-electron chi connectivity index (χ0n) is 13.2. The molecule has 1 atom stereocenters. The first-order valence-corrected chi connectivity index (χ1v) is 8.26. The van der Waals surface area contributed by atoms with Gasteiger partial charge in [-0.25, -0.2) is 0 Å². The average molecular weight is 290 g/mol. The van der Waals surface area contributed by atoms with Gasteiger partial charge in [-0.2, -0.15) is 0 Å². The minimum Gasteiger partial charge on any atom is -0.377 e. The van der Waals surface area contributed by atoms with Gasteiger partial charge in [-0.1, -0.05) is 44.2 Å². The van der Waals surface area contributed by atoms with E-state index in [1.54, 1.807) is 0 Å². The lowest BCUT2D eigenvalue weighted by Gasteiger charge is -2.37. The van der Waals surface area contributed by atoms with Gasteiger partial charge in [0, 0.05) is 17.0 Å². The molecular weight excluding hydrogens is 268 g/mol. The van der Waals surface area contributed by atoms with Crippen molar-refractivity contribution >= 4 is 27.7 Å². The molecule has 0 spiro atoms. The third-order valence-electron chi connectivity index (χ3n) is 5.02.